The predicted octanol–water partition coefficient (Wildman–Crippen LogP) is 5.73. The Kier molecular flexibility index (Phi) is 6.12. The number of ether oxygens (including phenoxy) is 1. The quantitative estimate of drug-likeness (QED) is 0.293. The molecule has 0 atom stereocenters. The van der Waals surface area contributed by atoms with Crippen LogP contribution < -0.4 is 4.74 Å². The van der Waals surface area contributed by atoms with Gasteiger partial charge in [-0.2, -0.15) is 0 Å². The number of benzene rings is 4. The van der Waals surface area contributed by atoms with Crippen LogP contribution in [-0.2, 0) is 10.0 Å². The molecule has 4 aromatic carbocycles. The monoisotopic (exact) mass is 525 g/mol. The number of hydrogen-bond donors (Lipinski definition) is 0. The van der Waals surface area contributed by atoms with E-state index in [0.717, 1.165) is 30.0 Å². The maximum absolute atomic E-state index is 14.3. The van der Waals surface area contributed by atoms with Crippen LogP contribution in [0.2, 0.25) is 0 Å². The lowest BCUT2D eigenvalue weighted by atomic mass is 10.0. The normalized spacial score (nSPS) is 14.2. The molecular formula is C30H27N3O4S. The molecule has 5 aromatic rings. The van der Waals surface area contributed by atoms with Crippen molar-refractivity contribution >= 4 is 37.7 Å². The van der Waals surface area contributed by atoms with Crippen LogP contribution in [0.15, 0.2) is 89.8 Å². The second-order valence-corrected chi connectivity index (χ2v) is 11.2. The molecule has 192 valence electrons. The topological polar surface area (TPSA) is 81.5 Å². The minimum Gasteiger partial charge on any atom is -0.495 e. The van der Waals surface area contributed by atoms with Crippen molar-refractivity contribution < 1.29 is 17.9 Å². The number of imidazole rings is 1. The second kappa shape index (κ2) is 9.61. The first-order valence-electron chi connectivity index (χ1n) is 12.7. The number of amides is 1. The number of hydrogen-bond acceptors (Lipinski definition) is 5. The molecule has 38 heavy (non-hydrogen) atoms. The Morgan fingerprint density at radius 1 is 0.868 bits per heavy atom. The lowest BCUT2D eigenvalue weighted by Gasteiger charge is -2.26. The molecule has 6 rings (SSSR count). The van der Waals surface area contributed by atoms with Gasteiger partial charge in [0.15, 0.2) is 5.82 Å². The molecule has 0 aliphatic carbocycles. The van der Waals surface area contributed by atoms with Crippen molar-refractivity contribution in [1.29, 1.82) is 0 Å². The van der Waals surface area contributed by atoms with E-state index in [-0.39, 0.29) is 22.4 Å². The molecule has 0 N–H and O–H groups in total. The third-order valence-corrected chi connectivity index (χ3v) is 8.86. The molecule has 2 heterocycles. The molecule has 1 aliphatic heterocycles. The number of methoxy groups -OCH3 is 1. The fourth-order valence-corrected chi connectivity index (χ4v) is 6.86. The summed E-state index contributed by atoms with van der Waals surface area (Å²) in [6, 6.07) is 25.2. The van der Waals surface area contributed by atoms with Gasteiger partial charge in [-0.25, -0.2) is 17.4 Å². The summed E-state index contributed by atoms with van der Waals surface area (Å²) in [7, 11) is -2.73. The summed E-state index contributed by atoms with van der Waals surface area (Å²) < 4.78 is 35.4. The van der Waals surface area contributed by atoms with Gasteiger partial charge in [-0.1, -0.05) is 54.6 Å². The van der Waals surface area contributed by atoms with Gasteiger partial charge in [-0.3, -0.25) is 4.79 Å². The average molecular weight is 526 g/mol. The molecule has 0 radical (unpaired) electrons. The van der Waals surface area contributed by atoms with Crippen LogP contribution in [0.1, 0.15) is 29.6 Å². The van der Waals surface area contributed by atoms with E-state index < -0.39 is 10.0 Å². The van der Waals surface area contributed by atoms with Crippen molar-refractivity contribution in [2.24, 2.45) is 0 Å². The van der Waals surface area contributed by atoms with Crippen LogP contribution >= 0.6 is 0 Å². The summed E-state index contributed by atoms with van der Waals surface area (Å²) in [6.45, 7) is 1.41. The molecule has 8 heteroatoms. The first kappa shape index (κ1) is 24.2. The van der Waals surface area contributed by atoms with Gasteiger partial charge in [0.1, 0.15) is 10.6 Å². The lowest BCUT2D eigenvalue weighted by Crippen LogP contribution is -2.35. The van der Waals surface area contributed by atoms with E-state index >= 15 is 0 Å². The van der Waals surface area contributed by atoms with E-state index in [2.05, 4.69) is 0 Å². The van der Waals surface area contributed by atoms with Crippen LogP contribution in [0, 0.1) is 0 Å². The molecule has 1 fully saturated rings. The summed E-state index contributed by atoms with van der Waals surface area (Å²) in [5.74, 6) is 0.421. The van der Waals surface area contributed by atoms with Gasteiger partial charge in [0.2, 0.25) is 0 Å². The zero-order valence-electron chi connectivity index (χ0n) is 21.0. The van der Waals surface area contributed by atoms with Crippen LogP contribution in [0.3, 0.4) is 0 Å². The molecular weight excluding hydrogens is 498 g/mol. The number of carbonyl (C=O) groups excluding carboxylic acids is 1. The van der Waals surface area contributed by atoms with Crippen LogP contribution in [0.25, 0.3) is 33.2 Å². The number of nitrogens with zero attached hydrogens (tertiary/aromatic N) is 3. The van der Waals surface area contributed by atoms with Crippen LogP contribution in [0.5, 0.6) is 5.75 Å². The predicted molar refractivity (Wildman–Crippen MR) is 148 cm³/mol. The molecule has 0 bridgehead atoms. The van der Waals surface area contributed by atoms with E-state index in [0.29, 0.717) is 35.2 Å². The zero-order valence-corrected chi connectivity index (χ0v) is 21.8. The van der Waals surface area contributed by atoms with Crippen molar-refractivity contribution in [1.82, 2.24) is 13.9 Å². The Labute approximate surface area is 221 Å². The minimum atomic E-state index is -4.18. The number of rotatable bonds is 5. The van der Waals surface area contributed by atoms with Crippen molar-refractivity contribution in [3.8, 4) is 17.1 Å². The lowest BCUT2D eigenvalue weighted by molar-refractivity contribution is 0.0724. The smallest absolute Gasteiger partial charge is 0.273 e. The number of para-hydroxylation sites is 1. The number of fused-ring (bicyclic) bond motifs is 2. The van der Waals surface area contributed by atoms with Gasteiger partial charge in [-0.05, 0) is 60.4 Å². The van der Waals surface area contributed by atoms with Crippen LogP contribution in [-0.4, -0.2) is 48.4 Å². The SMILES string of the molecule is COc1ccccc1S(=O)(=O)n1c(-c2cccc3ccccc23)nc2ccc(C(=O)N3CCCCC3)cc21. The van der Waals surface area contributed by atoms with Gasteiger partial charge in [0, 0.05) is 24.2 Å². The molecule has 0 saturated carbocycles. The highest BCUT2D eigenvalue weighted by Crippen LogP contribution is 2.36. The van der Waals surface area contributed by atoms with E-state index in [9.17, 15) is 13.2 Å². The molecule has 1 amide bonds. The summed E-state index contributed by atoms with van der Waals surface area (Å²) in [6.07, 6.45) is 3.06. The third-order valence-electron chi connectivity index (χ3n) is 7.12. The Balaban J connectivity index is 1.63. The standard InChI is InChI=1S/C30H27N3O4S/c1-37-27-14-5-6-15-28(27)38(35,36)33-26-20-22(30(34)32-18-7-2-8-19-32)16-17-25(26)31-29(33)24-13-9-11-21-10-3-4-12-23(21)24/h3-6,9-17,20H,2,7-8,18-19H2,1H3. The van der Waals surface area contributed by atoms with Crippen molar-refractivity contribution in [2.75, 3.05) is 20.2 Å². The Bertz CT molecular complexity index is 1780. The Morgan fingerprint density at radius 2 is 1.61 bits per heavy atom. The first-order valence-corrected chi connectivity index (χ1v) is 14.1. The summed E-state index contributed by atoms with van der Waals surface area (Å²) in [5, 5.41) is 1.85. The van der Waals surface area contributed by atoms with Gasteiger partial charge in [0.25, 0.3) is 15.9 Å². The van der Waals surface area contributed by atoms with Gasteiger partial charge >= 0.3 is 0 Å². The number of piperidine rings is 1. The molecule has 0 spiro atoms. The molecule has 7 nitrogen and oxygen atoms in total. The van der Waals surface area contributed by atoms with E-state index in [4.69, 9.17) is 9.72 Å². The highest BCUT2D eigenvalue weighted by molar-refractivity contribution is 7.90. The molecule has 1 aromatic heterocycles. The largest absolute Gasteiger partial charge is 0.495 e. The van der Waals surface area contributed by atoms with Gasteiger partial charge in [0.05, 0.1) is 18.1 Å². The third kappa shape index (κ3) is 4.01. The summed E-state index contributed by atoms with van der Waals surface area (Å²) in [5.41, 5.74) is 1.96. The molecule has 1 aliphatic rings. The van der Waals surface area contributed by atoms with E-state index in [1.165, 1.54) is 17.1 Å². The minimum absolute atomic E-state index is 0.0241. The van der Waals surface area contributed by atoms with Gasteiger partial charge < -0.3 is 9.64 Å². The fourth-order valence-electron chi connectivity index (χ4n) is 5.23. The maximum Gasteiger partial charge on any atom is 0.273 e. The summed E-state index contributed by atoms with van der Waals surface area (Å²) >= 11 is 0. The Morgan fingerprint density at radius 3 is 2.42 bits per heavy atom. The first-order chi connectivity index (χ1) is 18.5. The zero-order chi connectivity index (χ0) is 26.3. The highest BCUT2D eigenvalue weighted by atomic mass is 32.2. The van der Waals surface area contributed by atoms with E-state index in [1.54, 1.807) is 36.4 Å². The summed E-state index contributed by atoms with van der Waals surface area (Å²) in [4.78, 5) is 20.0. The highest BCUT2D eigenvalue weighted by Gasteiger charge is 2.29. The van der Waals surface area contributed by atoms with Crippen molar-refractivity contribution in [2.45, 2.75) is 24.2 Å². The second-order valence-electron chi connectivity index (χ2n) is 9.44. The average Bonchev–Trinajstić information content (AvgIpc) is 3.36. The number of likely N-dealkylation sites (tertiary alicyclic amines) is 1. The van der Waals surface area contributed by atoms with Gasteiger partial charge in [-0.15, -0.1) is 0 Å². The fraction of sp³-hybridized carbons (Fsp3) is 0.200. The van der Waals surface area contributed by atoms with Crippen molar-refractivity contribution in [3.63, 3.8) is 0 Å². The number of aromatic nitrogens is 2. The van der Waals surface area contributed by atoms with E-state index in [1.807, 2.05) is 47.4 Å². The maximum atomic E-state index is 14.3. The molecule has 1 saturated heterocycles. The number of carbonyl (C=O) groups is 1. The Hall–Kier alpha value is -4.17. The van der Waals surface area contributed by atoms with Crippen molar-refractivity contribution in [3.05, 3.63) is 90.5 Å². The van der Waals surface area contributed by atoms with Crippen LogP contribution in [0.4, 0.5) is 0 Å². The molecule has 0 unspecified atom stereocenters.